The number of furan rings is 1. The van der Waals surface area contributed by atoms with Gasteiger partial charge in [-0.15, -0.1) is 11.8 Å². The largest absolute Gasteiger partial charge is 0.467 e. The number of carbonyl (C=O) groups is 1. The number of carbonyl (C=O) groups excluding carboxylic acids is 1. The van der Waals surface area contributed by atoms with Gasteiger partial charge < -0.3 is 15.5 Å². The molecule has 1 aromatic carbocycles. The zero-order valence-corrected chi connectivity index (χ0v) is 12.1. The van der Waals surface area contributed by atoms with Gasteiger partial charge in [0.2, 0.25) is 0 Å². The van der Waals surface area contributed by atoms with Crippen LogP contribution in [0.1, 0.15) is 34.1 Å². The normalized spacial score (nSPS) is 17.3. The quantitative estimate of drug-likeness (QED) is 0.915. The van der Waals surface area contributed by atoms with E-state index in [0.29, 0.717) is 16.2 Å². The molecule has 6 heteroatoms. The summed E-state index contributed by atoms with van der Waals surface area (Å²) in [6, 6.07) is 6.42. The molecule has 0 fully saturated rings. The Labute approximate surface area is 125 Å². The minimum Gasteiger partial charge on any atom is -0.467 e. The number of fused-ring (bicyclic) bond motifs is 1. The number of hydrogen-bond acceptors (Lipinski definition) is 4. The fourth-order valence-corrected chi connectivity index (χ4v) is 3.53. The molecule has 1 amide bonds. The first-order valence-corrected chi connectivity index (χ1v) is 7.67. The number of nitrogens with two attached hydrogens (primary N) is 1. The van der Waals surface area contributed by atoms with Crippen LogP contribution in [0, 0.1) is 5.82 Å². The van der Waals surface area contributed by atoms with Gasteiger partial charge in [0.15, 0.2) is 0 Å². The van der Waals surface area contributed by atoms with Crippen LogP contribution in [0.25, 0.3) is 0 Å². The molecular formula is C15H15FN2O2S. The average molecular weight is 306 g/mol. The maximum absolute atomic E-state index is 13.8. The minimum absolute atomic E-state index is 0.180. The maximum Gasteiger partial charge on any atom is 0.255 e. The molecule has 1 unspecified atom stereocenters. The van der Waals surface area contributed by atoms with Crippen molar-refractivity contribution in [3.05, 3.63) is 53.2 Å². The van der Waals surface area contributed by atoms with Crippen molar-refractivity contribution in [3.8, 4) is 0 Å². The van der Waals surface area contributed by atoms with Crippen molar-refractivity contribution < 1.29 is 13.6 Å². The van der Waals surface area contributed by atoms with Gasteiger partial charge >= 0.3 is 0 Å². The third-order valence-electron chi connectivity index (χ3n) is 3.45. The van der Waals surface area contributed by atoms with Crippen LogP contribution >= 0.6 is 11.8 Å². The highest BCUT2D eigenvalue weighted by atomic mass is 32.2. The van der Waals surface area contributed by atoms with E-state index in [0.717, 1.165) is 17.7 Å². The molecule has 1 aliphatic rings. The van der Waals surface area contributed by atoms with Gasteiger partial charge in [0.1, 0.15) is 17.8 Å². The van der Waals surface area contributed by atoms with E-state index >= 15 is 0 Å². The molecule has 1 aliphatic heterocycles. The number of thioether (sulfide) groups is 1. The molecule has 0 radical (unpaired) electrons. The van der Waals surface area contributed by atoms with Crippen LogP contribution in [0.4, 0.5) is 4.39 Å². The molecule has 3 rings (SSSR count). The second kappa shape index (κ2) is 5.91. The molecule has 110 valence electrons. The number of amides is 1. The fourth-order valence-electron chi connectivity index (χ4n) is 2.38. The number of rotatable bonds is 3. The Hall–Kier alpha value is -1.79. The number of nitrogens with one attached hydrogen (secondary N) is 1. The fraction of sp³-hybridized carbons (Fsp3) is 0.267. The van der Waals surface area contributed by atoms with E-state index in [1.807, 2.05) is 6.07 Å². The minimum atomic E-state index is -0.231. The van der Waals surface area contributed by atoms with Crippen LogP contribution in [-0.2, 0) is 6.54 Å². The van der Waals surface area contributed by atoms with Crippen molar-refractivity contribution in [1.29, 1.82) is 0 Å². The Balaban J connectivity index is 1.80. The lowest BCUT2D eigenvalue weighted by Gasteiger charge is -2.26. The zero-order chi connectivity index (χ0) is 14.8. The third kappa shape index (κ3) is 2.82. The van der Waals surface area contributed by atoms with Gasteiger partial charge in [-0.3, -0.25) is 4.79 Å². The van der Waals surface area contributed by atoms with E-state index in [1.54, 1.807) is 12.1 Å². The lowest BCUT2D eigenvalue weighted by Crippen LogP contribution is -2.30. The summed E-state index contributed by atoms with van der Waals surface area (Å²) in [4.78, 5) is 12.9. The number of halogens is 1. The Morgan fingerprint density at radius 3 is 3.14 bits per heavy atom. The van der Waals surface area contributed by atoms with Gasteiger partial charge in [0, 0.05) is 10.6 Å². The van der Waals surface area contributed by atoms with Crippen molar-refractivity contribution in [3.63, 3.8) is 0 Å². The first kappa shape index (κ1) is 14.2. The summed E-state index contributed by atoms with van der Waals surface area (Å²) in [6.45, 7) is 0.251. The van der Waals surface area contributed by atoms with Crippen molar-refractivity contribution in [2.24, 2.45) is 5.73 Å². The van der Waals surface area contributed by atoms with Gasteiger partial charge in [-0.05, 0) is 24.1 Å². The van der Waals surface area contributed by atoms with E-state index in [-0.39, 0.29) is 24.3 Å². The average Bonchev–Trinajstić information content (AvgIpc) is 2.97. The Morgan fingerprint density at radius 2 is 2.38 bits per heavy atom. The molecule has 0 saturated carbocycles. The van der Waals surface area contributed by atoms with Crippen LogP contribution in [0.2, 0.25) is 0 Å². The molecule has 1 aromatic heterocycles. The summed E-state index contributed by atoms with van der Waals surface area (Å²) in [5.41, 5.74) is 6.73. The number of benzene rings is 1. The second-order valence-corrected chi connectivity index (χ2v) is 5.93. The van der Waals surface area contributed by atoms with Gasteiger partial charge in [0.25, 0.3) is 5.91 Å². The third-order valence-corrected chi connectivity index (χ3v) is 4.61. The molecule has 1 atom stereocenters. The van der Waals surface area contributed by atoms with E-state index in [4.69, 9.17) is 10.2 Å². The number of hydrogen-bond donors (Lipinski definition) is 2. The van der Waals surface area contributed by atoms with Gasteiger partial charge in [-0.2, -0.15) is 0 Å². The van der Waals surface area contributed by atoms with Crippen LogP contribution < -0.4 is 11.1 Å². The molecule has 3 N–H and O–H groups in total. The Kier molecular flexibility index (Phi) is 3.98. The molecule has 0 bridgehead atoms. The van der Waals surface area contributed by atoms with E-state index in [2.05, 4.69) is 5.32 Å². The van der Waals surface area contributed by atoms with E-state index < -0.39 is 0 Å². The standard InChI is InChI=1S/C15H15FN2O2S/c16-12-3-1-2-11-13(4-5-21-14(11)12)18-15(19)9-6-10(7-17)20-8-9/h1-3,6,8,13H,4-5,7,17H2,(H,18,19). The second-order valence-electron chi connectivity index (χ2n) is 4.83. The Bertz CT molecular complexity index is 671. The van der Waals surface area contributed by atoms with Crippen molar-refractivity contribution in [1.82, 2.24) is 5.32 Å². The highest BCUT2D eigenvalue weighted by molar-refractivity contribution is 7.99. The lowest BCUT2D eigenvalue weighted by atomic mass is 10.0. The van der Waals surface area contributed by atoms with Gasteiger partial charge in [0.05, 0.1) is 18.2 Å². The predicted octanol–water partition coefficient (Wildman–Crippen LogP) is 2.84. The molecule has 21 heavy (non-hydrogen) atoms. The first-order valence-electron chi connectivity index (χ1n) is 6.68. The lowest BCUT2D eigenvalue weighted by molar-refractivity contribution is 0.0934. The van der Waals surface area contributed by atoms with Crippen molar-refractivity contribution in [2.75, 3.05) is 5.75 Å². The SMILES string of the molecule is NCc1cc(C(=O)NC2CCSc3c(F)cccc32)co1. The highest BCUT2D eigenvalue weighted by Crippen LogP contribution is 2.37. The zero-order valence-electron chi connectivity index (χ0n) is 11.3. The molecule has 4 nitrogen and oxygen atoms in total. The van der Waals surface area contributed by atoms with Gasteiger partial charge in [-0.1, -0.05) is 12.1 Å². The van der Waals surface area contributed by atoms with Crippen molar-refractivity contribution in [2.45, 2.75) is 23.9 Å². The molecule has 0 aliphatic carbocycles. The summed E-state index contributed by atoms with van der Waals surface area (Å²) in [5, 5.41) is 2.94. The molecular weight excluding hydrogens is 291 g/mol. The predicted molar refractivity (Wildman–Crippen MR) is 78.5 cm³/mol. The van der Waals surface area contributed by atoms with Crippen LogP contribution in [0.3, 0.4) is 0 Å². The summed E-state index contributed by atoms with van der Waals surface area (Å²) >= 11 is 1.49. The summed E-state index contributed by atoms with van der Waals surface area (Å²) in [6.07, 6.45) is 2.16. The van der Waals surface area contributed by atoms with E-state index in [9.17, 15) is 9.18 Å². The van der Waals surface area contributed by atoms with Gasteiger partial charge in [-0.25, -0.2) is 4.39 Å². The summed E-state index contributed by atoms with van der Waals surface area (Å²) in [5.74, 6) is 0.875. The van der Waals surface area contributed by atoms with E-state index in [1.165, 1.54) is 24.1 Å². The van der Waals surface area contributed by atoms with Crippen LogP contribution in [-0.4, -0.2) is 11.7 Å². The first-order chi connectivity index (χ1) is 10.2. The maximum atomic E-state index is 13.8. The topological polar surface area (TPSA) is 68.3 Å². The Morgan fingerprint density at radius 1 is 1.52 bits per heavy atom. The van der Waals surface area contributed by atoms with Crippen LogP contribution in [0.15, 0.2) is 39.8 Å². The molecule has 2 aromatic rings. The molecule has 0 saturated heterocycles. The summed E-state index contributed by atoms with van der Waals surface area (Å²) < 4.78 is 19.0. The molecule has 2 heterocycles. The monoisotopic (exact) mass is 306 g/mol. The smallest absolute Gasteiger partial charge is 0.255 e. The van der Waals surface area contributed by atoms with Crippen molar-refractivity contribution >= 4 is 17.7 Å². The molecule has 0 spiro atoms. The highest BCUT2D eigenvalue weighted by Gasteiger charge is 2.25. The summed E-state index contributed by atoms with van der Waals surface area (Å²) in [7, 11) is 0. The van der Waals surface area contributed by atoms with Crippen LogP contribution in [0.5, 0.6) is 0 Å².